The zero-order valence-electron chi connectivity index (χ0n) is 14.9. The summed E-state index contributed by atoms with van der Waals surface area (Å²) >= 11 is 1.04. The van der Waals surface area contributed by atoms with Crippen LogP contribution in [-0.4, -0.2) is 52.0 Å². The number of aliphatic hydroxyl groups is 1. The number of hydrogen-bond donors (Lipinski definition) is 2. The smallest absolute Gasteiger partial charge is 0.337 e. The number of amides is 1. The van der Waals surface area contributed by atoms with E-state index < -0.39 is 12.1 Å². The number of benzene rings is 1. The van der Waals surface area contributed by atoms with Crippen molar-refractivity contribution in [2.24, 2.45) is 0 Å². The number of fused-ring (bicyclic) bond motifs is 1. The number of thioether (sulfide) groups is 1. The minimum absolute atomic E-state index is 0.00384. The van der Waals surface area contributed by atoms with Crippen molar-refractivity contribution < 1.29 is 19.4 Å². The van der Waals surface area contributed by atoms with Gasteiger partial charge in [0.15, 0.2) is 5.16 Å². The van der Waals surface area contributed by atoms with Crippen LogP contribution in [0.25, 0.3) is 10.9 Å². The monoisotopic (exact) mass is 389 g/mol. The van der Waals surface area contributed by atoms with E-state index in [-0.39, 0.29) is 41.0 Å². The van der Waals surface area contributed by atoms with Crippen LogP contribution in [0.1, 0.15) is 17.3 Å². The number of nitrogens with zero attached hydrogens (tertiary/aromatic N) is 2. The van der Waals surface area contributed by atoms with Gasteiger partial charge in [0.2, 0.25) is 5.91 Å². The Hall–Kier alpha value is -2.83. The van der Waals surface area contributed by atoms with Crippen molar-refractivity contribution in [2.75, 3.05) is 19.4 Å². The molecule has 27 heavy (non-hydrogen) atoms. The lowest BCUT2D eigenvalue weighted by atomic mass is 10.1. The molecule has 1 aromatic heterocycles. The van der Waals surface area contributed by atoms with Crippen LogP contribution in [0.2, 0.25) is 0 Å². The van der Waals surface area contributed by atoms with Crippen molar-refractivity contribution in [1.29, 1.82) is 0 Å². The molecular weight excluding hydrogens is 370 g/mol. The fraction of sp³-hybridized carbons (Fsp3) is 0.333. The highest BCUT2D eigenvalue weighted by Crippen LogP contribution is 2.19. The highest BCUT2D eigenvalue weighted by Gasteiger charge is 2.16. The molecule has 8 nitrogen and oxygen atoms in total. The van der Waals surface area contributed by atoms with E-state index in [0.717, 1.165) is 11.8 Å². The zero-order valence-corrected chi connectivity index (χ0v) is 15.7. The molecule has 142 valence electrons. The molecule has 1 heterocycles. The fourth-order valence-corrected chi connectivity index (χ4v) is 3.15. The lowest BCUT2D eigenvalue weighted by molar-refractivity contribution is -0.118. The second kappa shape index (κ2) is 9.21. The first-order valence-corrected chi connectivity index (χ1v) is 8.99. The van der Waals surface area contributed by atoms with Crippen LogP contribution in [-0.2, 0) is 16.1 Å². The summed E-state index contributed by atoms with van der Waals surface area (Å²) in [5.74, 6) is 1.44. The molecule has 0 spiro atoms. The van der Waals surface area contributed by atoms with Gasteiger partial charge in [-0.2, -0.15) is 0 Å². The molecule has 2 N–H and O–H groups in total. The third kappa shape index (κ3) is 5.09. The molecule has 0 saturated heterocycles. The summed E-state index contributed by atoms with van der Waals surface area (Å²) in [5.41, 5.74) is 0.188. The lowest BCUT2D eigenvalue weighted by Crippen LogP contribution is -2.29. The topological polar surface area (TPSA) is 111 Å². The number of ether oxygens (including phenoxy) is 1. The van der Waals surface area contributed by atoms with Crippen LogP contribution in [0.15, 0.2) is 28.2 Å². The van der Waals surface area contributed by atoms with Crippen LogP contribution in [0, 0.1) is 12.3 Å². The second-order valence-electron chi connectivity index (χ2n) is 5.65. The van der Waals surface area contributed by atoms with Crippen LogP contribution in [0.4, 0.5) is 0 Å². The molecule has 9 heteroatoms. The van der Waals surface area contributed by atoms with E-state index in [1.807, 2.05) is 0 Å². The van der Waals surface area contributed by atoms with Gasteiger partial charge in [-0.25, -0.2) is 9.78 Å². The third-order valence-corrected chi connectivity index (χ3v) is 4.48. The number of esters is 1. The zero-order chi connectivity index (χ0) is 20.0. The first-order valence-electron chi connectivity index (χ1n) is 8.01. The average Bonchev–Trinajstić information content (AvgIpc) is 2.65. The Morgan fingerprint density at radius 1 is 1.48 bits per heavy atom. The van der Waals surface area contributed by atoms with Crippen molar-refractivity contribution in [3.8, 4) is 12.3 Å². The molecule has 0 aliphatic heterocycles. The first-order chi connectivity index (χ1) is 12.9. The number of terminal acetylenes is 1. The van der Waals surface area contributed by atoms with Gasteiger partial charge in [-0.15, -0.1) is 6.42 Å². The number of aromatic nitrogens is 2. The molecular formula is C18H19N3O5S. The van der Waals surface area contributed by atoms with E-state index >= 15 is 0 Å². The maximum Gasteiger partial charge on any atom is 0.337 e. The molecule has 0 aliphatic carbocycles. The summed E-state index contributed by atoms with van der Waals surface area (Å²) in [6, 6.07) is 4.42. The summed E-state index contributed by atoms with van der Waals surface area (Å²) in [6.45, 7) is 1.67. The number of carbonyl (C=O) groups is 2. The number of nitrogens with one attached hydrogen (secondary N) is 1. The van der Waals surface area contributed by atoms with Gasteiger partial charge in [-0.05, 0) is 25.1 Å². The average molecular weight is 389 g/mol. The Kier molecular flexibility index (Phi) is 6.98. The van der Waals surface area contributed by atoms with Crippen molar-refractivity contribution >= 4 is 34.5 Å². The van der Waals surface area contributed by atoms with Gasteiger partial charge in [0.1, 0.15) is 0 Å². The number of rotatable bonds is 7. The summed E-state index contributed by atoms with van der Waals surface area (Å²) in [6.07, 6.45) is 4.31. The fourth-order valence-electron chi connectivity index (χ4n) is 2.31. The van der Waals surface area contributed by atoms with Gasteiger partial charge in [0.05, 0.1) is 48.5 Å². The van der Waals surface area contributed by atoms with Crippen molar-refractivity contribution in [1.82, 2.24) is 14.9 Å². The SMILES string of the molecule is C#CCNC(=O)CSc1nc2cc(C(=O)OC)ccc2c(=O)n1C[C@H](C)O. The van der Waals surface area contributed by atoms with E-state index in [1.165, 1.54) is 29.9 Å². The number of carbonyl (C=O) groups excluding carboxylic acids is 2. The third-order valence-electron chi connectivity index (χ3n) is 3.51. The first kappa shape index (κ1) is 20.5. The molecule has 0 bridgehead atoms. The molecule has 2 aromatic rings. The molecule has 0 unspecified atom stereocenters. The van der Waals surface area contributed by atoms with Gasteiger partial charge in [0, 0.05) is 0 Å². The van der Waals surface area contributed by atoms with E-state index in [0.29, 0.717) is 10.9 Å². The normalized spacial score (nSPS) is 11.6. The molecule has 0 saturated carbocycles. The summed E-state index contributed by atoms with van der Waals surface area (Å²) < 4.78 is 5.99. The predicted octanol–water partition coefficient (Wildman–Crippen LogP) is 0.405. The molecule has 1 atom stereocenters. The molecule has 0 aliphatic rings. The Morgan fingerprint density at radius 3 is 2.85 bits per heavy atom. The van der Waals surface area contributed by atoms with E-state index in [4.69, 9.17) is 6.42 Å². The van der Waals surface area contributed by atoms with Gasteiger partial charge in [-0.1, -0.05) is 17.7 Å². The van der Waals surface area contributed by atoms with Crippen molar-refractivity contribution in [2.45, 2.75) is 24.7 Å². The molecule has 0 radical (unpaired) electrons. The van der Waals surface area contributed by atoms with Crippen LogP contribution in [0.3, 0.4) is 0 Å². The maximum atomic E-state index is 12.8. The van der Waals surface area contributed by atoms with Gasteiger partial charge in [0.25, 0.3) is 5.56 Å². The number of aliphatic hydroxyl groups excluding tert-OH is 1. The standard InChI is InChI=1S/C18H19N3O5S/c1-4-7-19-15(23)10-27-18-20-14-8-12(17(25)26-3)5-6-13(14)16(24)21(18)9-11(2)22/h1,5-6,8,11,22H,7,9-10H2,2-3H3,(H,19,23)/t11-/m0/s1. The number of hydrogen-bond acceptors (Lipinski definition) is 7. The highest BCUT2D eigenvalue weighted by molar-refractivity contribution is 7.99. The molecule has 1 aromatic carbocycles. The van der Waals surface area contributed by atoms with E-state index in [1.54, 1.807) is 6.92 Å². The Morgan fingerprint density at radius 2 is 2.22 bits per heavy atom. The van der Waals surface area contributed by atoms with Crippen molar-refractivity contribution in [3.05, 3.63) is 34.1 Å². The minimum atomic E-state index is -0.786. The number of methoxy groups -OCH3 is 1. The molecule has 2 rings (SSSR count). The van der Waals surface area contributed by atoms with Gasteiger partial charge >= 0.3 is 5.97 Å². The largest absolute Gasteiger partial charge is 0.465 e. The lowest BCUT2D eigenvalue weighted by Gasteiger charge is -2.14. The summed E-state index contributed by atoms with van der Waals surface area (Å²) in [4.78, 5) is 40.7. The van der Waals surface area contributed by atoms with Crippen LogP contribution < -0.4 is 10.9 Å². The molecule has 0 fully saturated rings. The Balaban J connectivity index is 2.47. The maximum absolute atomic E-state index is 12.8. The summed E-state index contributed by atoms with van der Waals surface area (Å²) in [7, 11) is 1.26. The molecule has 1 amide bonds. The van der Waals surface area contributed by atoms with Gasteiger partial charge < -0.3 is 15.2 Å². The Labute approximate surface area is 159 Å². The summed E-state index contributed by atoms with van der Waals surface area (Å²) in [5, 5.41) is 12.8. The Bertz CT molecular complexity index is 962. The minimum Gasteiger partial charge on any atom is -0.465 e. The van der Waals surface area contributed by atoms with Crippen molar-refractivity contribution in [3.63, 3.8) is 0 Å². The van der Waals surface area contributed by atoms with Crippen LogP contribution in [0.5, 0.6) is 0 Å². The van der Waals surface area contributed by atoms with Crippen LogP contribution >= 0.6 is 11.8 Å². The quantitative estimate of drug-likeness (QED) is 0.305. The second-order valence-corrected chi connectivity index (χ2v) is 6.59. The van der Waals surface area contributed by atoms with Gasteiger partial charge in [-0.3, -0.25) is 14.2 Å². The highest BCUT2D eigenvalue weighted by atomic mass is 32.2. The van der Waals surface area contributed by atoms with E-state index in [9.17, 15) is 19.5 Å². The van der Waals surface area contributed by atoms with E-state index in [2.05, 4.69) is 21.0 Å². The predicted molar refractivity (Wildman–Crippen MR) is 102 cm³/mol.